The number of imidazole rings is 1. The molecule has 0 aliphatic rings. The zero-order chi connectivity index (χ0) is 15.5. The van der Waals surface area contributed by atoms with E-state index in [-0.39, 0.29) is 11.6 Å². The normalized spacial score (nSPS) is 10.8. The Morgan fingerprint density at radius 3 is 2.76 bits per heavy atom. The minimum absolute atomic E-state index is 0.0123. The third kappa shape index (κ3) is 3.62. The lowest BCUT2D eigenvalue weighted by molar-refractivity contribution is 0.598. The van der Waals surface area contributed by atoms with Gasteiger partial charge in [-0.25, -0.2) is 4.98 Å². The first-order valence-electron chi connectivity index (χ1n) is 6.26. The Morgan fingerprint density at radius 1 is 1.38 bits per heavy atom. The zero-order valence-corrected chi connectivity index (χ0v) is 12.6. The van der Waals surface area contributed by atoms with Crippen molar-refractivity contribution in [2.75, 3.05) is 11.3 Å². The van der Waals surface area contributed by atoms with Crippen molar-refractivity contribution in [3.05, 3.63) is 41.3 Å². The quantitative estimate of drug-likeness (QED) is 0.740. The van der Waals surface area contributed by atoms with Crippen LogP contribution in [0.2, 0.25) is 0 Å². The maximum atomic E-state index is 12.3. The number of benzene rings is 1. The van der Waals surface area contributed by atoms with E-state index < -0.39 is 10.0 Å². The van der Waals surface area contributed by atoms with E-state index in [1.165, 1.54) is 6.20 Å². The molecule has 21 heavy (non-hydrogen) atoms. The molecule has 1 aromatic carbocycles. The standard InChI is InChI=1S/C14H16N4O2S/c1-10-5-6-13(12(8-10)4-3-7-15)18-21(19,20)14-9-16-11(2)17-14/h5-6,8-9,18H,7,15H2,1-2H3,(H,16,17). The number of hydrogen-bond acceptors (Lipinski definition) is 4. The zero-order valence-electron chi connectivity index (χ0n) is 11.8. The Labute approximate surface area is 123 Å². The molecule has 0 saturated heterocycles. The van der Waals surface area contributed by atoms with Crippen molar-refractivity contribution in [3.63, 3.8) is 0 Å². The predicted octanol–water partition coefficient (Wildman–Crippen LogP) is 1.14. The van der Waals surface area contributed by atoms with Gasteiger partial charge < -0.3 is 10.7 Å². The van der Waals surface area contributed by atoms with Crippen LogP contribution in [0.15, 0.2) is 29.4 Å². The highest BCUT2D eigenvalue weighted by Gasteiger charge is 2.17. The van der Waals surface area contributed by atoms with Crippen molar-refractivity contribution in [2.45, 2.75) is 18.9 Å². The minimum atomic E-state index is -3.72. The van der Waals surface area contributed by atoms with Crippen LogP contribution in [0.5, 0.6) is 0 Å². The highest BCUT2D eigenvalue weighted by molar-refractivity contribution is 7.92. The van der Waals surface area contributed by atoms with E-state index in [9.17, 15) is 8.42 Å². The lowest BCUT2D eigenvalue weighted by Crippen LogP contribution is -2.14. The molecule has 6 nitrogen and oxygen atoms in total. The van der Waals surface area contributed by atoms with Crippen LogP contribution in [-0.4, -0.2) is 24.9 Å². The molecule has 0 fully saturated rings. The van der Waals surface area contributed by atoms with Gasteiger partial charge in [-0.15, -0.1) is 0 Å². The number of anilines is 1. The molecule has 0 amide bonds. The summed E-state index contributed by atoms with van der Waals surface area (Å²) in [6.45, 7) is 3.80. The number of nitrogens with one attached hydrogen (secondary N) is 2. The van der Waals surface area contributed by atoms with Crippen LogP contribution in [0.4, 0.5) is 5.69 Å². The monoisotopic (exact) mass is 304 g/mol. The molecule has 0 aliphatic heterocycles. The summed E-state index contributed by atoms with van der Waals surface area (Å²) >= 11 is 0. The number of rotatable bonds is 3. The summed E-state index contributed by atoms with van der Waals surface area (Å²) in [6.07, 6.45) is 1.27. The molecule has 0 unspecified atom stereocenters. The van der Waals surface area contributed by atoms with Crippen molar-refractivity contribution in [2.24, 2.45) is 5.73 Å². The number of aromatic nitrogens is 2. The molecular weight excluding hydrogens is 288 g/mol. The van der Waals surface area contributed by atoms with Gasteiger partial charge in [-0.2, -0.15) is 8.42 Å². The van der Waals surface area contributed by atoms with Gasteiger partial charge in [0.25, 0.3) is 10.0 Å². The molecule has 0 saturated carbocycles. The van der Waals surface area contributed by atoms with Gasteiger partial charge in [0, 0.05) is 5.56 Å². The lowest BCUT2D eigenvalue weighted by atomic mass is 10.1. The predicted molar refractivity (Wildman–Crippen MR) is 81.2 cm³/mol. The lowest BCUT2D eigenvalue weighted by Gasteiger charge is -2.09. The highest BCUT2D eigenvalue weighted by Crippen LogP contribution is 2.20. The summed E-state index contributed by atoms with van der Waals surface area (Å²) in [6, 6.07) is 5.29. The summed E-state index contributed by atoms with van der Waals surface area (Å²) in [5.41, 5.74) is 7.34. The molecule has 2 rings (SSSR count). The van der Waals surface area contributed by atoms with Crippen molar-refractivity contribution in [3.8, 4) is 11.8 Å². The van der Waals surface area contributed by atoms with Crippen LogP contribution < -0.4 is 10.5 Å². The van der Waals surface area contributed by atoms with Gasteiger partial charge in [0.15, 0.2) is 5.03 Å². The fourth-order valence-corrected chi connectivity index (χ4v) is 2.78. The fraction of sp³-hybridized carbons (Fsp3) is 0.214. The Balaban J connectivity index is 2.39. The number of aryl methyl sites for hydroxylation is 2. The fourth-order valence-electron chi connectivity index (χ4n) is 1.73. The van der Waals surface area contributed by atoms with Gasteiger partial charge in [0.1, 0.15) is 5.82 Å². The largest absolute Gasteiger partial charge is 0.332 e. The van der Waals surface area contributed by atoms with E-state index in [1.807, 2.05) is 13.0 Å². The number of H-pyrrole nitrogens is 1. The maximum absolute atomic E-state index is 12.3. The van der Waals surface area contributed by atoms with E-state index in [4.69, 9.17) is 5.73 Å². The van der Waals surface area contributed by atoms with Gasteiger partial charge in [-0.05, 0) is 31.5 Å². The molecule has 0 spiro atoms. The van der Waals surface area contributed by atoms with E-state index in [0.29, 0.717) is 17.1 Å². The number of aromatic amines is 1. The SMILES string of the molecule is Cc1ccc(NS(=O)(=O)c2cnc(C)[nH]2)c(C#CCN)c1. The smallest absolute Gasteiger partial charge is 0.279 e. The summed E-state index contributed by atoms with van der Waals surface area (Å²) in [5.74, 6) is 6.12. The van der Waals surface area contributed by atoms with Gasteiger partial charge in [0.2, 0.25) is 0 Å². The van der Waals surface area contributed by atoms with E-state index >= 15 is 0 Å². The Kier molecular flexibility index (Phi) is 4.31. The first-order valence-corrected chi connectivity index (χ1v) is 7.75. The number of nitrogens with zero attached hydrogens (tertiary/aromatic N) is 1. The summed E-state index contributed by atoms with van der Waals surface area (Å²) in [4.78, 5) is 6.58. The molecule has 1 heterocycles. The van der Waals surface area contributed by atoms with Gasteiger partial charge in [-0.1, -0.05) is 17.9 Å². The highest BCUT2D eigenvalue weighted by atomic mass is 32.2. The van der Waals surface area contributed by atoms with Gasteiger partial charge >= 0.3 is 0 Å². The minimum Gasteiger partial charge on any atom is -0.332 e. The van der Waals surface area contributed by atoms with Crippen LogP contribution in [0, 0.1) is 25.7 Å². The van der Waals surface area contributed by atoms with Crippen molar-refractivity contribution in [1.82, 2.24) is 9.97 Å². The molecule has 0 aliphatic carbocycles. The molecule has 1 aromatic heterocycles. The van der Waals surface area contributed by atoms with Crippen molar-refractivity contribution < 1.29 is 8.42 Å². The third-order valence-corrected chi connectivity index (χ3v) is 3.99. The average molecular weight is 304 g/mol. The Bertz CT molecular complexity index is 813. The molecule has 0 bridgehead atoms. The van der Waals surface area contributed by atoms with Crippen LogP contribution in [0.3, 0.4) is 0 Å². The topological polar surface area (TPSA) is 101 Å². The summed E-state index contributed by atoms with van der Waals surface area (Å²) < 4.78 is 27.1. The van der Waals surface area contributed by atoms with Crippen LogP contribution in [0.1, 0.15) is 17.0 Å². The van der Waals surface area contributed by atoms with E-state index in [1.54, 1.807) is 19.1 Å². The van der Waals surface area contributed by atoms with Gasteiger partial charge in [-0.3, -0.25) is 4.72 Å². The molecule has 0 radical (unpaired) electrons. The van der Waals surface area contributed by atoms with Crippen LogP contribution >= 0.6 is 0 Å². The van der Waals surface area contributed by atoms with Crippen LogP contribution in [0.25, 0.3) is 0 Å². The molecule has 110 valence electrons. The first kappa shape index (κ1) is 15.1. The second-order valence-electron chi connectivity index (χ2n) is 4.49. The van der Waals surface area contributed by atoms with E-state index in [0.717, 1.165) is 5.56 Å². The van der Waals surface area contributed by atoms with Crippen molar-refractivity contribution in [1.29, 1.82) is 0 Å². The Hall–Kier alpha value is -2.30. The molecular formula is C14H16N4O2S. The number of hydrogen-bond donors (Lipinski definition) is 3. The second kappa shape index (κ2) is 5.99. The van der Waals surface area contributed by atoms with E-state index in [2.05, 4.69) is 26.5 Å². The summed E-state index contributed by atoms with van der Waals surface area (Å²) in [5, 5.41) is 0.0123. The van der Waals surface area contributed by atoms with Crippen molar-refractivity contribution >= 4 is 15.7 Å². The third-order valence-electron chi connectivity index (χ3n) is 2.71. The number of nitrogens with two attached hydrogens (primary N) is 1. The molecule has 0 atom stereocenters. The first-order chi connectivity index (χ1) is 9.92. The molecule has 4 N–H and O–H groups in total. The maximum Gasteiger partial charge on any atom is 0.279 e. The second-order valence-corrected chi connectivity index (χ2v) is 6.14. The van der Waals surface area contributed by atoms with Crippen LogP contribution in [-0.2, 0) is 10.0 Å². The Morgan fingerprint density at radius 2 is 2.14 bits per heavy atom. The van der Waals surface area contributed by atoms with Gasteiger partial charge in [0.05, 0.1) is 18.4 Å². The average Bonchev–Trinajstić information content (AvgIpc) is 2.86. The number of sulfonamides is 1. The summed E-state index contributed by atoms with van der Waals surface area (Å²) in [7, 11) is -3.72. The molecule has 2 aromatic rings. The molecule has 7 heteroatoms.